The maximum atomic E-state index is 13.5. The quantitative estimate of drug-likeness (QED) is 0.231. The molecule has 7 nitrogen and oxygen atoms in total. The molecule has 0 saturated heterocycles. The van der Waals surface area contributed by atoms with Gasteiger partial charge in [0.2, 0.25) is 0 Å². The number of carbonyl (C=O) groups excluding carboxylic acids is 3. The van der Waals surface area contributed by atoms with E-state index in [4.69, 9.17) is 5.73 Å². The van der Waals surface area contributed by atoms with Crippen LogP contribution in [-0.4, -0.2) is 42.4 Å². The number of ketones is 1. The van der Waals surface area contributed by atoms with Gasteiger partial charge >= 0.3 is 0 Å². The number of nitrogens with zero attached hydrogens (tertiary/aromatic N) is 2. The molecule has 0 radical (unpaired) electrons. The van der Waals surface area contributed by atoms with Crippen molar-refractivity contribution in [2.45, 2.75) is 26.3 Å². The van der Waals surface area contributed by atoms with Crippen LogP contribution in [-0.2, 0) is 27.3 Å². The van der Waals surface area contributed by atoms with E-state index in [0.29, 0.717) is 18.4 Å². The van der Waals surface area contributed by atoms with Gasteiger partial charge in [0.05, 0.1) is 12.9 Å². The second-order valence-electron chi connectivity index (χ2n) is 7.78. The third-order valence-corrected chi connectivity index (χ3v) is 5.01. The Bertz CT molecular complexity index is 1110. The smallest absolute Gasteiger partial charge is 0.272 e. The van der Waals surface area contributed by atoms with E-state index < -0.39 is 11.8 Å². The van der Waals surface area contributed by atoms with Crippen molar-refractivity contribution in [3.8, 4) is 0 Å². The van der Waals surface area contributed by atoms with Gasteiger partial charge in [-0.05, 0) is 42.2 Å². The summed E-state index contributed by atoms with van der Waals surface area (Å²) in [6.45, 7) is 5.36. The first-order valence-corrected chi connectivity index (χ1v) is 10.7. The van der Waals surface area contributed by atoms with Crippen LogP contribution in [0.25, 0.3) is 0 Å². The van der Waals surface area contributed by atoms with Crippen LogP contribution in [0.4, 0.5) is 4.39 Å². The molecule has 0 aliphatic carbocycles. The Morgan fingerprint density at radius 2 is 1.85 bits per heavy atom. The number of aliphatic imine (C=N–C) groups is 1. The second kappa shape index (κ2) is 12.8. The Labute approximate surface area is 198 Å². The van der Waals surface area contributed by atoms with Crippen molar-refractivity contribution in [2.24, 2.45) is 10.7 Å². The second-order valence-corrected chi connectivity index (χ2v) is 7.78. The van der Waals surface area contributed by atoms with Crippen LogP contribution in [0.5, 0.6) is 0 Å². The third-order valence-electron chi connectivity index (χ3n) is 5.01. The zero-order chi connectivity index (χ0) is 25.1. The number of likely N-dealkylation sites (N-methyl/N-ethyl adjacent to an activating group) is 1. The Balaban J connectivity index is 1.94. The summed E-state index contributed by atoms with van der Waals surface area (Å²) in [5.74, 6) is -1.55. The van der Waals surface area contributed by atoms with Gasteiger partial charge < -0.3 is 16.0 Å². The van der Waals surface area contributed by atoms with Gasteiger partial charge in [0.15, 0.2) is 5.78 Å². The molecule has 0 fully saturated rings. The van der Waals surface area contributed by atoms with Crippen LogP contribution in [0.1, 0.15) is 23.1 Å². The van der Waals surface area contributed by atoms with Crippen molar-refractivity contribution in [3.63, 3.8) is 0 Å². The van der Waals surface area contributed by atoms with Crippen molar-refractivity contribution in [2.75, 3.05) is 13.6 Å². The number of amides is 2. The van der Waals surface area contributed by atoms with E-state index in [1.54, 1.807) is 26.1 Å². The number of carbonyl (C=O) groups is 3. The highest BCUT2D eigenvalue weighted by Crippen LogP contribution is 2.13. The lowest BCUT2D eigenvalue weighted by atomic mass is 10.1. The SMILES string of the molecule is C=C(/C=C(\N=CN)C(=O)N(C)Cc1ccc(F)c(C)c1)C(=O)NCC(=O)CCc1ccccc1. The number of hydrogen-bond donors (Lipinski definition) is 2. The molecule has 0 saturated carbocycles. The first-order valence-electron chi connectivity index (χ1n) is 10.7. The first kappa shape index (κ1) is 26.2. The number of halogens is 1. The lowest BCUT2D eigenvalue weighted by Gasteiger charge is -2.18. The Morgan fingerprint density at radius 3 is 2.50 bits per heavy atom. The maximum absolute atomic E-state index is 13.5. The van der Waals surface area contributed by atoms with Crippen LogP contribution < -0.4 is 11.1 Å². The van der Waals surface area contributed by atoms with Crippen LogP contribution in [0, 0.1) is 12.7 Å². The van der Waals surface area contributed by atoms with E-state index in [1.165, 1.54) is 17.0 Å². The van der Waals surface area contributed by atoms with Gasteiger partial charge in [-0.15, -0.1) is 0 Å². The minimum Gasteiger partial charge on any atom is -0.390 e. The molecule has 0 atom stereocenters. The largest absolute Gasteiger partial charge is 0.390 e. The lowest BCUT2D eigenvalue weighted by Crippen LogP contribution is -2.31. The van der Waals surface area contributed by atoms with Gasteiger partial charge in [-0.3, -0.25) is 14.4 Å². The molecule has 0 aliphatic rings. The molecule has 8 heteroatoms. The molecule has 0 aliphatic heterocycles. The van der Waals surface area contributed by atoms with Crippen LogP contribution in [0.15, 0.2) is 77.4 Å². The van der Waals surface area contributed by atoms with E-state index >= 15 is 0 Å². The van der Waals surface area contributed by atoms with Crippen molar-refractivity contribution >= 4 is 23.9 Å². The highest BCUT2D eigenvalue weighted by atomic mass is 19.1. The molecule has 178 valence electrons. The molecule has 3 N–H and O–H groups in total. The van der Waals surface area contributed by atoms with Crippen LogP contribution >= 0.6 is 0 Å². The van der Waals surface area contributed by atoms with Gasteiger partial charge in [-0.1, -0.05) is 49.0 Å². The van der Waals surface area contributed by atoms with Crippen molar-refractivity contribution in [1.29, 1.82) is 0 Å². The van der Waals surface area contributed by atoms with E-state index in [0.717, 1.165) is 17.5 Å². The molecule has 0 aromatic heterocycles. The molecule has 2 amide bonds. The zero-order valence-electron chi connectivity index (χ0n) is 19.4. The minimum absolute atomic E-state index is 0.0455. The summed E-state index contributed by atoms with van der Waals surface area (Å²) in [6.07, 6.45) is 3.03. The number of aryl methyl sites for hydroxylation is 2. The van der Waals surface area contributed by atoms with Gasteiger partial charge in [-0.25, -0.2) is 9.38 Å². The third kappa shape index (κ3) is 8.12. The Hall–Kier alpha value is -4.07. The summed E-state index contributed by atoms with van der Waals surface area (Å²) in [6, 6.07) is 14.1. The monoisotopic (exact) mass is 464 g/mol. The standard InChI is InChI=1S/C26H29FN4O3/c1-18-13-21(10-12-23(18)27)16-31(3)26(34)24(30-17-28)14-19(2)25(33)29-15-22(32)11-9-20-7-5-4-6-8-20/h4-8,10,12-14,17H,2,9,11,15-16H2,1,3H3,(H2,28,30)(H,29,33)/b24-14-. The van der Waals surface area contributed by atoms with Gasteiger partial charge in [-0.2, -0.15) is 0 Å². The number of nitrogens with one attached hydrogen (secondary N) is 1. The van der Waals surface area contributed by atoms with Crippen molar-refractivity contribution < 1.29 is 18.8 Å². The molecule has 0 heterocycles. The van der Waals surface area contributed by atoms with E-state index in [2.05, 4.69) is 16.9 Å². The molecule has 0 spiro atoms. The van der Waals surface area contributed by atoms with Gasteiger partial charge in [0.1, 0.15) is 11.5 Å². The predicted molar refractivity (Wildman–Crippen MR) is 130 cm³/mol. The topological polar surface area (TPSA) is 105 Å². The van der Waals surface area contributed by atoms with Gasteiger partial charge in [0, 0.05) is 25.6 Å². The lowest BCUT2D eigenvalue weighted by molar-refractivity contribution is -0.126. The fourth-order valence-corrected chi connectivity index (χ4v) is 3.12. The number of Topliss-reactive ketones (excluding diaryl/α,β-unsaturated/α-hetero) is 1. The van der Waals surface area contributed by atoms with Crippen molar-refractivity contribution in [3.05, 3.63) is 95.0 Å². The zero-order valence-corrected chi connectivity index (χ0v) is 19.4. The van der Waals surface area contributed by atoms with Crippen LogP contribution in [0.3, 0.4) is 0 Å². The number of benzene rings is 2. The summed E-state index contributed by atoms with van der Waals surface area (Å²) in [5, 5.41) is 2.51. The molecule has 0 unspecified atom stereocenters. The highest BCUT2D eigenvalue weighted by molar-refractivity contribution is 6.01. The van der Waals surface area contributed by atoms with Gasteiger partial charge in [0.25, 0.3) is 11.8 Å². The summed E-state index contributed by atoms with van der Waals surface area (Å²) in [7, 11) is 1.55. The predicted octanol–water partition coefficient (Wildman–Crippen LogP) is 2.84. The number of nitrogens with two attached hydrogens (primary N) is 1. The Morgan fingerprint density at radius 1 is 1.15 bits per heavy atom. The van der Waals surface area contributed by atoms with E-state index in [1.807, 2.05) is 30.3 Å². The molecule has 2 rings (SSSR count). The average Bonchev–Trinajstić information content (AvgIpc) is 2.83. The number of rotatable bonds is 11. The Kier molecular flexibility index (Phi) is 9.89. The highest BCUT2D eigenvalue weighted by Gasteiger charge is 2.17. The normalized spacial score (nSPS) is 11.3. The fourth-order valence-electron chi connectivity index (χ4n) is 3.12. The molecule has 2 aromatic rings. The molecule has 2 aromatic carbocycles. The van der Waals surface area contributed by atoms with Crippen molar-refractivity contribution in [1.82, 2.24) is 10.2 Å². The number of hydrogen-bond acceptors (Lipinski definition) is 4. The first-order chi connectivity index (χ1) is 16.2. The molecule has 0 bridgehead atoms. The van der Waals surface area contributed by atoms with E-state index in [-0.39, 0.29) is 36.0 Å². The summed E-state index contributed by atoms with van der Waals surface area (Å²) in [4.78, 5) is 42.5. The average molecular weight is 465 g/mol. The molecular weight excluding hydrogens is 435 g/mol. The minimum atomic E-state index is -0.595. The summed E-state index contributed by atoms with van der Waals surface area (Å²) < 4.78 is 13.5. The fraction of sp³-hybridized carbons (Fsp3) is 0.231. The summed E-state index contributed by atoms with van der Waals surface area (Å²) in [5.41, 5.74) is 7.47. The maximum Gasteiger partial charge on any atom is 0.272 e. The molecule has 34 heavy (non-hydrogen) atoms. The van der Waals surface area contributed by atoms with E-state index in [9.17, 15) is 18.8 Å². The summed E-state index contributed by atoms with van der Waals surface area (Å²) >= 11 is 0. The molecular formula is C26H29FN4O3. The van der Waals surface area contributed by atoms with Crippen LogP contribution in [0.2, 0.25) is 0 Å².